The second-order valence-corrected chi connectivity index (χ2v) is 5.76. The Bertz CT molecular complexity index is 715. The summed E-state index contributed by atoms with van der Waals surface area (Å²) in [6.07, 6.45) is 7.72. The van der Waals surface area contributed by atoms with E-state index in [0.717, 1.165) is 0 Å². The second-order valence-electron chi connectivity index (χ2n) is 5.76. The molecule has 0 fully saturated rings. The minimum atomic E-state index is -0.523. The smallest absolute Gasteiger partial charge is 0.307 e. The van der Waals surface area contributed by atoms with Gasteiger partial charge in [-0.2, -0.15) is 0 Å². The number of carbonyl (C=O) groups is 2. The number of nitro benzene ring substituents is 1. The van der Waals surface area contributed by atoms with E-state index in [1.807, 2.05) is 24.3 Å². The van der Waals surface area contributed by atoms with Gasteiger partial charge in [-0.1, -0.05) is 24.3 Å². The van der Waals surface area contributed by atoms with Crippen LogP contribution in [0.1, 0.15) is 23.7 Å². The van der Waals surface area contributed by atoms with E-state index in [0.29, 0.717) is 12.2 Å². The Morgan fingerprint density at radius 1 is 1.27 bits per heavy atom. The Labute approximate surface area is 151 Å². The number of hydrogen-bond donors (Lipinski definition) is 1. The van der Waals surface area contributed by atoms with Crippen LogP contribution in [0.25, 0.3) is 0 Å². The fraction of sp³-hybridized carbons (Fsp3) is 0.333. The van der Waals surface area contributed by atoms with Crippen LogP contribution in [0.2, 0.25) is 0 Å². The maximum atomic E-state index is 12.5. The molecule has 8 nitrogen and oxygen atoms in total. The van der Waals surface area contributed by atoms with E-state index in [1.54, 1.807) is 14.0 Å². The predicted molar refractivity (Wildman–Crippen MR) is 95.1 cm³/mol. The summed E-state index contributed by atoms with van der Waals surface area (Å²) in [4.78, 5) is 34.6. The fourth-order valence-electron chi connectivity index (χ4n) is 2.61. The molecule has 2 rings (SSSR count). The molecule has 1 unspecified atom stereocenters. The average molecular weight is 359 g/mol. The molecule has 0 radical (unpaired) electrons. The number of rotatable bonds is 8. The summed E-state index contributed by atoms with van der Waals surface area (Å²) in [5, 5.41) is 12.0. The molecule has 1 atom stereocenters. The number of nitro groups is 1. The van der Waals surface area contributed by atoms with Crippen LogP contribution < -0.4 is 5.43 Å². The van der Waals surface area contributed by atoms with Crippen LogP contribution in [0.3, 0.4) is 0 Å². The molecule has 0 heterocycles. The van der Waals surface area contributed by atoms with Gasteiger partial charge >= 0.3 is 5.97 Å². The van der Waals surface area contributed by atoms with Crippen molar-refractivity contribution in [2.24, 2.45) is 5.92 Å². The first-order valence-corrected chi connectivity index (χ1v) is 8.21. The molecule has 1 N–H and O–H groups in total. The molecule has 0 aromatic heterocycles. The summed E-state index contributed by atoms with van der Waals surface area (Å²) in [6.45, 7) is 2.03. The molecule has 0 saturated carbocycles. The summed E-state index contributed by atoms with van der Waals surface area (Å²) in [5.74, 6) is -0.763. The standard InChI is InChI=1S/C18H21N3O5/c1-3-26-17(22)12-16(13-6-4-5-7-13)19-20(2)18(23)14-8-10-15(11-9-14)21(24)25/h4-11,13,16,19H,3,12H2,1-2H3. The third-order valence-electron chi connectivity index (χ3n) is 3.92. The molecule has 0 saturated heterocycles. The lowest BCUT2D eigenvalue weighted by molar-refractivity contribution is -0.384. The quantitative estimate of drug-likeness (QED) is 0.434. The number of nitrogens with zero attached hydrogens (tertiary/aromatic N) is 2. The van der Waals surface area contributed by atoms with E-state index in [-0.39, 0.29) is 35.9 Å². The monoisotopic (exact) mass is 359 g/mol. The Balaban J connectivity index is 2.07. The van der Waals surface area contributed by atoms with Crippen LogP contribution in [-0.4, -0.2) is 41.5 Å². The highest BCUT2D eigenvalue weighted by atomic mass is 16.6. The molecule has 1 aromatic rings. The van der Waals surface area contributed by atoms with E-state index in [4.69, 9.17) is 4.74 Å². The molecule has 1 aliphatic rings. The lowest BCUT2D eigenvalue weighted by Gasteiger charge is -2.28. The normalized spacial score (nSPS) is 14.2. The number of hydrogen-bond acceptors (Lipinski definition) is 6. The lowest BCUT2D eigenvalue weighted by Crippen LogP contribution is -2.49. The molecule has 1 aliphatic carbocycles. The van der Waals surface area contributed by atoms with Gasteiger partial charge in [0.2, 0.25) is 0 Å². The van der Waals surface area contributed by atoms with E-state index in [1.165, 1.54) is 29.3 Å². The van der Waals surface area contributed by atoms with E-state index >= 15 is 0 Å². The molecular weight excluding hydrogens is 338 g/mol. The number of ether oxygens (including phenoxy) is 1. The van der Waals surface area contributed by atoms with E-state index in [2.05, 4.69) is 5.43 Å². The van der Waals surface area contributed by atoms with Crippen LogP contribution in [-0.2, 0) is 9.53 Å². The van der Waals surface area contributed by atoms with Crippen LogP contribution in [0, 0.1) is 16.0 Å². The van der Waals surface area contributed by atoms with Crippen molar-refractivity contribution in [2.45, 2.75) is 19.4 Å². The number of benzene rings is 1. The van der Waals surface area contributed by atoms with Gasteiger partial charge < -0.3 is 4.74 Å². The predicted octanol–water partition coefficient (Wildman–Crippen LogP) is 2.24. The van der Waals surface area contributed by atoms with Crippen molar-refractivity contribution in [3.8, 4) is 0 Å². The number of nitrogens with one attached hydrogen (secondary N) is 1. The van der Waals surface area contributed by atoms with Crippen molar-refractivity contribution in [1.82, 2.24) is 10.4 Å². The lowest BCUT2D eigenvalue weighted by atomic mass is 9.99. The fourth-order valence-corrected chi connectivity index (χ4v) is 2.61. The molecule has 0 bridgehead atoms. The minimum Gasteiger partial charge on any atom is -0.466 e. The zero-order valence-electron chi connectivity index (χ0n) is 14.6. The van der Waals surface area contributed by atoms with Crippen LogP contribution >= 0.6 is 0 Å². The third kappa shape index (κ3) is 5.00. The Hall–Kier alpha value is -3.00. The van der Waals surface area contributed by atoms with E-state index < -0.39 is 4.92 Å². The number of amides is 1. The number of allylic oxidation sites excluding steroid dienone is 2. The number of hydrazine groups is 1. The summed E-state index contributed by atoms with van der Waals surface area (Å²) in [5.41, 5.74) is 3.25. The van der Waals surface area contributed by atoms with Crippen molar-refractivity contribution in [1.29, 1.82) is 0 Å². The van der Waals surface area contributed by atoms with Gasteiger partial charge in [0, 0.05) is 36.7 Å². The maximum Gasteiger partial charge on any atom is 0.307 e. The molecule has 1 amide bonds. The molecule has 8 heteroatoms. The minimum absolute atomic E-state index is 0.0495. The van der Waals surface area contributed by atoms with Crippen molar-refractivity contribution >= 4 is 17.6 Å². The van der Waals surface area contributed by atoms with E-state index in [9.17, 15) is 19.7 Å². The van der Waals surface area contributed by atoms with Crippen molar-refractivity contribution in [3.63, 3.8) is 0 Å². The van der Waals surface area contributed by atoms with Crippen molar-refractivity contribution in [3.05, 3.63) is 64.2 Å². The highest BCUT2D eigenvalue weighted by molar-refractivity contribution is 5.94. The molecular formula is C18H21N3O5. The molecule has 1 aromatic carbocycles. The molecule has 0 aliphatic heterocycles. The van der Waals surface area contributed by atoms with Gasteiger partial charge in [0.15, 0.2) is 0 Å². The first-order chi connectivity index (χ1) is 12.4. The summed E-state index contributed by atoms with van der Waals surface area (Å²) in [7, 11) is 1.55. The molecule has 0 spiro atoms. The number of carbonyl (C=O) groups excluding carboxylic acids is 2. The van der Waals surface area contributed by atoms with Gasteiger partial charge in [0.25, 0.3) is 11.6 Å². The van der Waals surface area contributed by atoms with Gasteiger partial charge in [-0.3, -0.25) is 24.7 Å². The third-order valence-corrected chi connectivity index (χ3v) is 3.92. The van der Waals surface area contributed by atoms with Crippen molar-refractivity contribution in [2.75, 3.05) is 13.7 Å². The van der Waals surface area contributed by atoms with Gasteiger partial charge in [-0.25, -0.2) is 5.43 Å². The number of non-ortho nitro benzene ring substituents is 1. The Morgan fingerprint density at radius 2 is 1.88 bits per heavy atom. The molecule has 26 heavy (non-hydrogen) atoms. The summed E-state index contributed by atoms with van der Waals surface area (Å²) in [6, 6.07) is 5.00. The summed E-state index contributed by atoms with van der Waals surface area (Å²) < 4.78 is 5.00. The Kier molecular flexibility index (Phi) is 6.62. The van der Waals surface area contributed by atoms with Gasteiger partial charge in [0.1, 0.15) is 0 Å². The van der Waals surface area contributed by atoms with Crippen molar-refractivity contribution < 1.29 is 19.2 Å². The second kappa shape index (κ2) is 8.91. The average Bonchev–Trinajstić information content (AvgIpc) is 3.15. The highest BCUT2D eigenvalue weighted by Gasteiger charge is 2.25. The Morgan fingerprint density at radius 3 is 2.42 bits per heavy atom. The van der Waals surface area contributed by atoms with Gasteiger partial charge in [0.05, 0.1) is 18.0 Å². The first kappa shape index (κ1) is 19.3. The number of esters is 1. The zero-order chi connectivity index (χ0) is 19.1. The molecule has 138 valence electrons. The zero-order valence-corrected chi connectivity index (χ0v) is 14.6. The summed E-state index contributed by atoms with van der Waals surface area (Å²) >= 11 is 0. The largest absolute Gasteiger partial charge is 0.466 e. The highest BCUT2D eigenvalue weighted by Crippen LogP contribution is 2.18. The topological polar surface area (TPSA) is 102 Å². The van der Waals surface area contributed by atoms with Crippen LogP contribution in [0.5, 0.6) is 0 Å². The van der Waals surface area contributed by atoms with Gasteiger partial charge in [-0.05, 0) is 19.1 Å². The van der Waals surface area contributed by atoms with Crippen LogP contribution in [0.15, 0.2) is 48.6 Å². The SMILES string of the molecule is CCOC(=O)CC(NN(C)C(=O)c1ccc([N+](=O)[O-])cc1)C1C=CC=C1. The first-order valence-electron chi connectivity index (χ1n) is 8.21. The van der Waals surface area contributed by atoms with Crippen LogP contribution in [0.4, 0.5) is 5.69 Å². The van der Waals surface area contributed by atoms with Gasteiger partial charge in [-0.15, -0.1) is 0 Å². The maximum absolute atomic E-state index is 12.5.